The van der Waals surface area contributed by atoms with Gasteiger partial charge in [-0.05, 0) is 0 Å². The summed E-state index contributed by atoms with van der Waals surface area (Å²) in [7, 11) is 0. The van der Waals surface area contributed by atoms with Crippen molar-refractivity contribution in [3.05, 3.63) is 17.8 Å². The van der Waals surface area contributed by atoms with Crippen molar-refractivity contribution in [2.75, 3.05) is 0 Å². The van der Waals surface area contributed by atoms with Crippen LogP contribution in [0.15, 0.2) is 12.7 Å². The molecule has 0 fully saturated rings. The lowest BCUT2D eigenvalue weighted by molar-refractivity contribution is 1.08. The van der Waals surface area contributed by atoms with Gasteiger partial charge in [0, 0.05) is 0 Å². The Morgan fingerprint density at radius 2 is 2.18 bits per heavy atom. The summed E-state index contributed by atoms with van der Waals surface area (Å²) >= 11 is 9.77. The van der Waals surface area contributed by atoms with E-state index in [9.17, 15) is 0 Å². The molecule has 0 bridgehead atoms. The molecule has 6 heteroatoms. The highest BCUT2D eigenvalue weighted by atomic mass is 35.5. The number of nitrogens with zero attached hydrogens (tertiary/aromatic N) is 4. The monoisotopic (exact) mass is 186 g/mol. The van der Waals surface area contributed by atoms with Crippen LogP contribution in [0.2, 0.25) is 5.15 Å². The molecule has 0 radical (unpaired) electrons. The third kappa shape index (κ3) is 0.965. The second-order valence-electron chi connectivity index (χ2n) is 1.93. The normalized spacial score (nSPS) is 10.7. The molecule has 2 heterocycles. The van der Waals surface area contributed by atoms with Crippen molar-refractivity contribution in [3.63, 3.8) is 0 Å². The number of thiol groups is 1. The molecule has 2 aliphatic heterocycles. The fraction of sp³-hybridized carbons (Fsp3) is 0. The number of aromatic nitrogens is 4. The molecule has 0 spiro atoms. The van der Waals surface area contributed by atoms with Crippen LogP contribution in [0.25, 0.3) is 11.5 Å². The number of hydrogen-bond acceptors (Lipinski definition) is 4. The predicted octanol–water partition coefficient (Wildman–Crippen LogP) is 1.12. The number of halogens is 1. The SMILES string of the molecule is Sn1cnc(Cl)c2ncnc1-2. The maximum absolute atomic E-state index is 5.71. The summed E-state index contributed by atoms with van der Waals surface area (Å²) < 4.78 is 1.47. The van der Waals surface area contributed by atoms with Gasteiger partial charge in [0.15, 0.2) is 11.0 Å². The quantitative estimate of drug-likeness (QED) is 0.496. The summed E-state index contributed by atoms with van der Waals surface area (Å²) in [6.45, 7) is 0. The van der Waals surface area contributed by atoms with Crippen LogP contribution >= 0.6 is 24.4 Å². The lowest BCUT2D eigenvalue weighted by Crippen LogP contribution is -1.95. The van der Waals surface area contributed by atoms with Crippen LogP contribution in [-0.2, 0) is 0 Å². The molecule has 0 aromatic rings. The maximum Gasteiger partial charge on any atom is 0.174 e. The fourth-order valence-electron chi connectivity index (χ4n) is 0.795. The summed E-state index contributed by atoms with van der Waals surface area (Å²) in [4.78, 5) is 11.7. The molecule has 0 aromatic heterocycles. The molecule has 0 amide bonds. The number of fused-ring (bicyclic) bond motifs is 1. The molecule has 0 saturated carbocycles. The van der Waals surface area contributed by atoms with Crippen molar-refractivity contribution in [1.82, 2.24) is 18.9 Å². The van der Waals surface area contributed by atoms with Crippen LogP contribution in [0.5, 0.6) is 0 Å². The van der Waals surface area contributed by atoms with E-state index in [1.54, 1.807) is 0 Å². The van der Waals surface area contributed by atoms with E-state index < -0.39 is 0 Å². The van der Waals surface area contributed by atoms with Gasteiger partial charge in [-0.1, -0.05) is 24.4 Å². The van der Waals surface area contributed by atoms with Crippen molar-refractivity contribution >= 4 is 24.4 Å². The molecule has 0 saturated heterocycles. The zero-order chi connectivity index (χ0) is 7.84. The first-order valence-corrected chi connectivity index (χ1v) is 3.59. The smallest absolute Gasteiger partial charge is 0.174 e. The molecule has 4 nitrogen and oxygen atoms in total. The average Bonchev–Trinajstić information content (AvgIpc) is 2.45. The third-order valence-corrected chi connectivity index (χ3v) is 1.84. The van der Waals surface area contributed by atoms with E-state index in [1.165, 1.54) is 16.6 Å². The lowest BCUT2D eigenvalue weighted by atomic mass is 10.4. The minimum absolute atomic E-state index is 0.350. The maximum atomic E-state index is 5.71. The molecule has 56 valence electrons. The van der Waals surface area contributed by atoms with Gasteiger partial charge in [0.2, 0.25) is 0 Å². The van der Waals surface area contributed by atoms with Gasteiger partial charge in [-0.25, -0.2) is 15.0 Å². The van der Waals surface area contributed by atoms with Crippen LogP contribution in [-0.4, -0.2) is 18.9 Å². The van der Waals surface area contributed by atoms with Crippen molar-refractivity contribution < 1.29 is 0 Å². The van der Waals surface area contributed by atoms with Crippen molar-refractivity contribution in [2.45, 2.75) is 0 Å². The van der Waals surface area contributed by atoms with Gasteiger partial charge >= 0.3 is 0 Å². The highest BCUT2D eigenvalue weighted by molar-refractivity contribution is 7.78. The van der Waals surface area contributed by atoms with Crippen LogP contribution in [0.1, 0.15) is 0 Å². The van der Waals surface area contributed by atoms with E-state index in [4.69, 9.17) is 11.6 Å². The Bertz CT molecular complexity index is 327. The first kappa shape index (κ1) is 6.87. The minimum atomic E-state index is 0.350. The summed E-state index contributed by atoms with van der Waals surface area (Å²) in [5, 5.41) is 0.350. The zero-order valence-electron chi connectivity index (χ0n) is 5.27. The highest BCUT2D eigenvalue weighted by Gasteiger charge is 2.12. The summed E-state index contributed by atoms with van der Waals surface area (Å²) in [5.74, 6) is 0.619. The predicted molar refractivity (Wildman–Crippen MR) is 43.8 cm³/mol. The Morgan fingerprint density at radius 3 is 2.91 bits per heavy atom. The van der Waals surface area contributed by atoms with Crippen molar-refractivity contribution in [1.29, 1.82) is 0 Å². The van der Waals surface area contributed by atoms with E-state index in [0.717, 1.165) is 0 Å². The molecule has 2 aliphatic rings. The summed E-state index contributed by atoms with van der Waals surface area (Å²) in [6.07, 6.45) is 2.90. The largest absolute Gasteiger partial charge is 0.259 e. The molecule has 0 atom stereocenters. The molecule has 0 aliphatic carbocycles. The second kappa shape index (κ2) is 2.35. The Hall–Kier alpha value is -0.810. The average molecular weight is 187 g/mol. The van der Waals surface area contributed by atoms with Crippen LogP contribution in [0, 0.1) is 0 Å². The zero-order valence-corrected chi connectivity index (χ0v) is 6.92. The molecular weight excluding hydrogens is 184 g/mol. The first-order chi connectivity index (χ1) is 5.29. The Balaban J connectivity index is 2.82. The van der Waals surface area contributed by atoms with E-state index >= 15 is 0 Å². The van der Waals surface area contributed by atoms with Crippen LogP contribution < -0.4 is 0 Å². The summed E-state index contributed by atoms with van der Waals surface area (Å²) in [6, 6.07) is 0. The second-order valence-corrected chi connectivity index (χ2v) is 2.71. The molecular formula is C5H3ClN4S. The van der Waals surface area contributed by atoms with E-state index in [-0.39, 0.29) is 0 Å². The highest BCUT2D eigenvalue weighted by Crippen LogP contribution is 2.23. The number of imidazole rings is 1. The van der Waals surface area contributed by atoms with Crippen molar-refractivity contribution in [2.24, 2.45) is 0 Å². The fourth-order valence-corrected chi connectivity index (χ4v) is 1.17. The minimum Gasteiger partial charge on any atom is -0.259 e. The summed E-state index contributed by atoms with van der Waals surface area (Å²) in [5.41, 5.74) is 0.573. The topological polar surface area (TPSA) is 43.6 Å². The Kier molecular flexibility index (Phi) is 1.47. The van der Waals surface area contributed by atoms with Gasteiger partial charge in [-0.15, -0.1) is 0 Å². The molecule has 11 heavy (non-hydrogen) atoms. The van der Waals surface area contributed by atoms with Gasteiger partial charge in [0.05, 0.1) is 0 Å². The molecule has 2 rings (SSSR count). The van der Waals surface area contributed by atoms with Crippen LogP contribution in [0.4, 0.5) is 0 Å². The van der Waals surface area contributed by atoms with Crippen molar-refractivity contribution in [3.8, 4) is 11.5 Å². The van der Waals surface area contributed by atoms with Gasteiger partial charge in [-0.3, -0.25) is 3.97 Å². The van der Waals surface area contributed by atoms with Gasteiger partial charge in [-0.2, -0.15) is 0 Å². The van der Waals surface area contributed by atoms with Gasteiger partial charge in [0.1, 0.15) is 18.3 Å². The first-order valence-electron chi connectivity index (χ1n) is 2.82. The molecule has 0 unspecified atom stereocenters. The molecule has 0 N–H and O–H groups in total. The molecule has 0 aromatic carbocycles. The van der Waals surface area contributed by atoms with Gasteiger partial charge in [0.25, 0.3) is 0 Å². The van der Waals surface area contributed by atoms with E-state index in [0.29, 0.717) is 16.7 Å². The van der Waals surface area contributed by atoms with E-state index in [2.05, 4.69) is 27.8 Å². The standard InChI is InChI=1S/C5H3ClN4S/c6-4-3-5(8-1-7-3)10(11)2-9-4/h1-2,11H. The number of hydrogen-bond donors (Lipinski definition) is 1. The van der Waals surface area contributed by atoms with E-state index in [1.807, 2.05) is 0 Å². The third-order valence-electron chi connectivity index (χ3n) is 1.27. The van der Waals surface area contributed by atoms with Crippen LogP contribution in [0.3, 0.4) is 0 Å². The lowest BCUT2D eigenvalue weighted by Gasteiger charge is -2.01. The van der Waals surface area contributed by atoms with Gasteiger partial charge < -0.3 is 0 Å². The Morgan fingerprint density at radius 1 is 1.36 bits per heavy atom. The number of rotatable bonds is 0. The Labute approximate surface area is 73.1 Å².